The van der Waals surface area contributed by atoms with Gasteiger partial charge in [0.15, 0.2) is 0 Å². The quantitative estimate of drug-likeness (QED) is 0.873. The molecular formula is C15H14ClNO4. The molecule has 0 aliphatic carbocycles. The summed E-state index contributed by atoms with van der Waals surface area (Å²) in [6, 6.07) is 7.91. The molecular weight excluding hydrogens is 294 g/mol. The molecule has 0 bridgehead atoms. The van der Waals surface area contributed by atoms with E-state index in [-0.39, 0.29) is 11.7 Å². The van der Waals surface area contributed by atoms with Crippen molar-refractivity contribution in [1.29, 1.82) is 0 Å². The second kappa shape index (κ2) is 6.45. The van der Waals surface area contributed by atoms with Crippen LogP contribution in [0.2, 0.25) is 5.02 Å². The van der Waals surface area contributed by atoms with E-state index in [0.717, 1.165) is 6.42 Å². The van der Waals surface area contributed by atoms with Crippen LogP contribution in [0.25, 0.3) is 11.3 Å². The predicted octanol–water partition coefficient (Wildman–Crippen LogP) is 4.04. The number of amides is 1. The zero-order valence-electron chi connectivity index (χ0n) is 11.4. The summed E-state index contributed by atoms with van der Waals surface area (Å²) in [5, 5.41) is 12.0. The molecule has 0 unspecified atom stereocenters. The topological polar surface area (TPSA) is 79.5 Å². The first-order valence-corrected chi connectivity index (χ1v) is 6.82. The minimum atomic E-state index is -1.13. The second-order valence-electron chi connectivity index (χ2n) is 4.46. The molecule has 0 saturated heterocycles. The number of furan rings is 1. The molecule has 2 rings (SSSR count). The van der Waals surface area contributed by atoms with Crippen LogP contribution >= 0.6 is 11.6 Å². The van der Waals surface area contributed by atoms with Gasteiger partial charge in [-0.1, -0.05) is 18.5 Å². The molecule has 0 spiro atoms. The van der Waals surface area contributed by atoms with Crippen LogP contribution in [0.15, 0.2) is 34.7 Å². The van der Waals surface area contributed by atoms with Gasteiger partial charge in [0, 0.05) is 12.0 Å². The van der Waals surface area contributed by atoms with Crippen molar-refractivity contribution in [3.63, 3.8) is 0 Å². The lowest BCUT2D eigenvalue weighted by Crippen LogP contribution is -2.10. The first-order chi connectivity index (χ1) is 10.0. The Hall–Kier alpha value is -2.27. The van der Waals surface area contributed by atoms with E-state index in [2.05, 4.69) is 5.32 Å². The van der Waals surface area contributed by atoms with Crippen LogP contribution in [0.3, 0.4) is 0 Å². The number of rotatable bonds is 5. The van der Waals surface area contributed by atoms with Crippen molar-refractivity contribution >= 4 is 29.2 Å². The van der Waals surface area contributed by atoms with Crippen LogP contribution in [-0.2, 0) is 4.79 Å². The smallest absolute Gasteiger partial charge is 0.371 e. The molecule has 2 aromatic rings. The third-order valence-electron chi connectivity index (χ3n) is 2.82. The summed E-state index contributed by atoms with van der Waals surface area (Å²) < 4.78 is 5.22. The van der Waals surface area contributed by atoms with Crippen molar-refractivity contribution in [2.45, 2.75) is 19.8 Å². The number of hydrogen-bond acceptors (Lipinski definition) is 3. The number of hydrogen-bond donors (Lipinski definition) is 2. The van der Waals surface area contributed by atoms with Crippen LogP contribution in [0.1, 0.15) is 30.3 Å². The zero-order chi connectivity index (χ0) is 15.4. The Morgan fingerprint density at radius 2 is 2.05 bits per heavy atom. The summed E-state index contributed by atoms with van der Waals surface area (Å²) in [6.07, 6.45) is 1.15. The lowest BCUT2D eigenvalue weighted by atomic mass is 10.1. The number of nitrogens with one attached hydrogen (secondary N) is 1. The highest BCUT2D eigenvalue weighted by Crippen LogP contribution is 2.30. The van der Waals surface area contributed by atoms with Crippen molar-refractivity contribution in [2.75, 3.05) is 5.32 Å². The monoisotopic (exact) mass is 307 g/mol. The van der Waals surface area contributed by atoms with E-state index in [1.807, 2.05) is 6.92 Å². The third kappa shape index (κ3) is 3.64. The maximum absolute atomic E-state index is 11.6. The third-order valence-corrected chi connectivity index (χ3v) is 3.15. The molecule has 0 saturated carbocycles. The minimum absolute atomic E-state index is 0.123. The van der Waals surface area contributed by atoms with Gasteiger partial charge < -0.3 is 14.8 Å². The number of anilines is 1. The predicted molar refractivity (Wildman–Crippen MR) is 79.7 cm³/mol. The average molecular weight is 308 g/mol. The van der Waals surface area contributed by atoms with E-state index in [1.165, 1.54) is 6.07 Å². The fourth-order valence-electron chi connectivity index (χ4n) is 1.82. The SMILES string of the molecule is CCCC(=O)Nc1cc(-c2ccc(C(=O)O)o2)ccc1Cl. The Morgan fingerprint density at radius 3 is 2.67 bits per heavy atom. The Balaban J connectivity index is 2.28. The van der Waals surface area contributed by atoms with Gasteiger partial charge in [0.2, 0.25) is 11.7 Å². The maximum atomic E-state index is 11.6. The van der Waals surface area contributed by atoms with Crippen LogP contribution < -0.4 is 5.32 Å². The van der Waals surface area contributed by atoms with Crippen LogP contribution in [0.4, 0.5) is 5.69 Å². The Labute approximate surface area is 126 Å². The standard InChI is InChI=1S/C15H14ClNO4/c1-2-3-14(18)17-11-8-9(4-5-10(11)16)12-6-7-13(21-12)15(19)20/h4-8H,2-3H2,1H3,(H,17,18)(H,19,20). The highest BCUT2D eigenvalue weighted by molar-refractivity contribution is 6.33. The van der Waals surface area contributed by atoms with E-state index in [1.54, 1.807) is 24.3 Å². The molecule has 1 amide bonds. The van der Waals surface area contributed by atoms with Gasteiger partial charge in [-0.3, -0.25) is 4.79 Å². The summed E-state index contributed by atoms with van der Waals surface area (Å²) in [4.78, 5) is 22.4. The molecule has 0 radical (unpaired) electrons. The van der Waals surface area contributed by atoms with Gasteiger partial charge in [-0.25, -0.2) is 4.79 Å². The summed E-state index contributed by atoms with van der Waals surface area (Å²) in [5.41, 5.74) is 1.11. The van der Waals surface area contributed by atoms with Gasteiger partial charge >= 0.3 is 5.97 Å². The number of carboxylic acids is 1. The van der Waals surface area contributed by atoms with Crippen molar-refractivity contribution < 1.29 is 19.1 Å². The van der Waals surface area contributed by atoms with E-state index >= 15 is 0 Å². The number of aromatic carboxylic acids is 1. The van der Waals surface area contributed by atoms with Crippen molar-refractivity contribution in [2.24, 2.45) is 0 Å². The summed E-state index contributed by atoms with van der Waals surface area (Å²) in [6.45, 7) is 1.91. The lowest BCUT2D eigenvalue weighted by molar-refractivity contribution is -0.116. The van der Waals surface area contributed by atoms with Crippen LogP contribution in [-0.4, -0.2) is 17.0 Å². The largest absolute Gasteiger partial charge is 0.475 e. The van der Waals surface area contributed by atoms with E-state index in [0.29, 0.717) is 28.5 Å². The van der Waals surface area contributed by atoms with E-state index in [9.17, 15) is 9.59 Å². The normalized spacial score (nSPS) is 10.4. The Morgan fingerprint density at radius 1 is 1.29 bits per heavy atom. The Bertz CT molecular complexity index is 678. The number of benzene rings is 1. The average Bonchev–Trinajstić information content (AvgIpc) is 2.91. The number of halogens is 1. The molecule has 5 nitrogen and oxygen atoms in total. The van der Waals surface area contributed by atoms with Gasteiger partial charge in [0.25, 0.3) is 0 Å². The second-order valence-corrected chi connectivity index (χ2v) is 4.87. The van der Waals surface area contributed by atoms with Crippen molar-refractivity contribution in [3.05, 3.63) is 41.1 Å². The first-order valence-electron chi connectivity index (χ1n) is 6.44. The first kappa shape index (κ1) is 15.1. The fraction of sp³-hybridized carbons (Fsp3) is 0.200. The van der Waals surface area contributed by atoms with Crippen molar-refractivity contribution in [1.82, 2.24) is 0 Å². The molecule has 0 fully saturated rings. The molecule has 1 aromatic heterocycles. The molecule has 21 heavy (non-hydrogen) atoms. The molecule has 0 atom stereocenters. The molecule has 0 aliphatic rings. The number of carbonyl (C=O) groups excluding carboxylic acids is 1. The summed E-state index contributed by atoms with van der Waals surface area (Å²) in [7, 11) is 0. The molecule has 1 aromatic carbocycles. The molecule has 1 heterocycles. The minimum Gasteiger partial charge on any atom is -0.475 e. The molecule has 0 aliphatic heterocycles. The maximum Gasteiger partial charge on any atom is 0.371 e. The highest BCUT2D eigenvalue weighted by atomic mass is 35.5. The Kier molecular flexibility index (Phi) is 4.65. The van der Waals surface area contributed by atoms with Gasteiger partial charge in [0.1, 0.15) is 5.76 Å². The van der Waals surface area contributed by atoms with Crippen LogP contribution in [0.5, 0.6) is 0 Å². The summed E-state index contributed by atoms with van der Waals surface area (Å²) in [5.74, 6) is -1.000. The lowest BCUT2D eigenvalue weighted by Gasteiger charge is -2.08. The summed E-state index contributed by atoms with van der Waals surface area (Å²) >= 11 is 6.04. The van der Waals surface area contributed by atoms with Crippen molar-refractivity contribution in [3.8, 4) is 11.3 Å². The van der Waals surface area contributed by atoms with Gasteiger partial charge in [-0.15, -0.1) is 0 Å². The molecule has 2 N–H and O–H groups in total. The van der Waals surface area contributed by atoms with Gasteiger partial charge in [-0.2, -0.15) is 0 Å². The molecule has 110 valence electrons. The van der Waals surface area contributed by atoms with Gasteiger partial charge in [-0.05, 0) is 36.8 Å². The van der Waals surface area contributed by atoms with E-state index in [4.69, 9.17) is 21.1 Å². The van der Waals surface area contributed by atoms with Gasteiger partial charge in [0.05, 0.1) is 10.7 Å². The number of carbonyl (C=O) groups is 2. The zero-order valence-corrected chi connectivity index (χ0v) is 12.1. The van der Waals surface area contributed by atoms with Crippen LogP contribution in [0, 0.1) is 0 Å². The fourth-order valence-corrected chi connectivity index (χ4v) is 1.99. The molecule has 6 heteroatoms. The highest BCUT2D eigenvalue weighted by Gasteiger charge is 2.12. The number of carboxylic acid groups (broad SMARTS) is 1. The van der Waals surface area contributed by atoms with E-state index < -0.39 is 5.97 Å².